The summed E-state index contributed by atoms with van der Waals surface area (Å²) in [4.78, 5) is 1.84. The minimum atomic E-state index is -0.123. The molecule has 244 valence electrons. The Hall–Kier alpha value is -6.90. The van der Waals surface area contributed by atoms with Gasteiger partial charge in [0.25, 0.3) is 0 Å². The lowest BCUT2D eigenvalue weighted by Gasteiger charge is -2.26. The normalized spacial score (nSPS) is 12.5. The van der Waals surface area contributed by atoms with E-state index >= 15 is 0 Å². The quantitative estimate of drug-likeness (QED) is 0.175. The van der Waals surface area contributed by atoms with Gasteiger partial charge in [-0.15, -0.1) is 0 Å². The van der Waals surface area contributed by atoms with Crippen molar-refractivity contribution in [2.24, 2.45) is 0 Å². The third-order valence-electron chi connectivity index (χ3n) is 9.92. The van der Waals surface area contributed by atoms with E-state index in [4.69, 9.17) is 4.42 Å². The Morgan fingerprint density at radius 2 is 0.981 bits per heavy atom. The first-order valence-electron chi connectivity index (χ1n) is 19.4. The molecule has 0 amide bonds. The molecular formula is C50H33NO. The highest BCUT2D eigenvalue weighted by Gasteiger charge is 2.15. The van der Waals surface area contributed by atoms with Crippen LogP contribution in [-0.4, -0.2) is 0 Å². The highest BCUT2D eigenvalue weighted by Crippen LogP contribution is 2.39. The Bertz CT molecular complexity index is 3080. The number of furan rings is 1. The largest absolute Gasteiger partial charge is 0.456 e. The molecule has 0 radical (unpaired) electrons. The van der Waals surface area contributed by atoms with E-state index in [1.54, 1.807) is 0 Å². The van der Waals surface area contributed by atoms with Crippen LogP contribution in [0.3, 0.4) is 0 Å². The van der Waals surface area contributed by atoms with E-state index in [2.05, 4.69) is 60.7 Å². The van der Waals surface area contributed by atoms with Crippen molar-refractivity contribution in [2.75, 3.05) is 4.90 Å². The highest BCUT2D eigenvalue weighted by molar-refractivity contribution is 6.10. The smallest absolute Gasteiger partial charge is 0.136 e. The van der Waals surface area contributed by atoms with Crippen LogP contribution in [-0.2, 0) is 0 Å². The number of para-hydroxylation sites is 1. The van der Waals surface area contributed by atoms with Crippen molar-refractivity contribution in [2.45, 2.75) is 0 Å². The van der Waals surface area contributed by atoms with Crippen molar-refractivity contribution in [3.8, 4) is 33.4 Å². The minimum absolute atomic E-state index is 0.103. The zero-order chi connectivity index (χ0) is 37.9. The Morgan fingerprint density at radius 1 is 0.346 bits per heavy atom. The predicted octanol–water partition coefficient (Wildman–Crippen LogP) is 14.4. The molecule has 9 aromatic carbocycles. The zero-order valence-corrected chi connectivity index (χ0v) is 28.1. The number of fused-ring (bicyclic) bond motifs is 5. The second kappa shape index (κ2) is 12.5. The van der Waals surface area contributed by atoms with Gasteiger partial charge < -0.3 is 9.32 Å². The lowest BCUT2D eigenvalue weighted by molar-refractivity contribution is 0.669. The number of hydrogen-bond acceptors (Lipinski definition) is 2. The van der Waals surface area contributed by atoms with Crippen molar-refractivity contribution in [3.05, 3.63) is 200 Å². The molecule has 52 heavy (non-hydrogen) atoms. The molecule has 0 aliphatic carbocycles. The van der Waals surface area contributed by atoms with E-state index in [-0.39, 0.29) is 35.4 Å². The second-order valence-electron chi connectivity index (χ2n) is 13.1. The molecule has 0 unspecified atom stereocenters. The van der Waals surface area contributed by atoms with Crippen LogP contribution < -0.4 is 4.90 Å². The number of hydrogen-bond donors (Lipinski definition) is 0. The van der Waals surface area contributed by atoms with E-state index < -0.39 is 0 Å². The maximum Gasteiger partial charge on any atom is 0.136 e. The fraction of sp³-hybridized carbons (Fsp3) is 0. The summed E-state index contributed by atoms with van der Waals surface area (Å²) in [6.07, 6.45) is 0. The lowest BCUT2D eigenvalue weighted by atomic mass is 9.98. The average Bonchev–Trinajstić information content (AvgIpc) is 3.61. The van der Waals surface area contributed by atoms with E-state index in [9.17, 15) is 5.48 Å². The molecule has 1 aromatic heterocycles. The molecule has 0 bridgehead atoms. The molecule has 10 rings (SSSR count). The number of benzene rings is 9. The van der Waals surface area contributed by atoms with Gasteiger partial charge in [-0.1, -0.05) is 139 Å². The number of anilines is 3. The summed E-state index contributed by atoms with van der Waals surface area (Å²) in [5.41, 5.74) is 8.37. The van der Waals surface area contributed by atoms with Crippen LogP contribution in [0.2, 0.25) is 0 Å². The van der Waals surface area contributed by atoms with E-state index in [1.807, 2.05) is 120 Å². The van der Waals surface area contributed by atoms with Crippen LogP contribution in [0.15, 0.2) is 205 Å². The first kappa shape index (κ1) is 26.0. The number of nitrogens with zero attached hydrogens (tertiary/aromatic N) is 1. The van der Waals surface area contributed by atoms with Crippen LogP contribution in [0.4, 0.5) is 17.1 Å². The zero-order valence-electron chi connectivity index (χ0n) is 32.1. The van der Waals surface area contributed by atoms with E-state index in [1.165, 1.54) is 0 Å². The first-order valence-corrected chi connectivity index (χ1v) is 17.4. The van der Waals surface area contributed by atoms with Gasteiger partial charge in [0, 0.05) is 27.8 Å². The number of rotatable bonds is 6. The summed E-state index contributed by atoms with van der Waals surface area (Å²) in [6, 6.07) is 58.2. The standard InChI is InChI=1S/C50H33NO/c1-2-9-34(10-3-1)35-19-25-42(26-20-35)51(44-29-23-38(24-30-44)46-15-8-12-37-11-4-5-13-45(37)46)43-27-21-36(22-28-43)39-17-18-40-33-50-48(32-41(40)31-39)47-14-6-7-16-49(47)52-50/h1-33H/i21D,22D,27D,28D. The summed E-state index contributed by atoms with van der Waals surface area (Å²) >= 11 is 0. The molecule has 2 heteroatoms. The molecule has 0 fully saturated rings. The molecule has 0 aliphatic heterocycles. The SMILES string of the molecule is [2H]c1c([2H])c(N(c2ccc(-c3ccccc3)cc2)c2ccc(-c3cccc4ccccc34)cc2)c([2H])c([2H])c1-c1ccc2cc3oc4ccccc4c3cc2c1. The predicted molar refractivity (Wildman–Crippen MR) is 220 cm³/mol. The van der Waals surface area contributed by atoms with E-state index in [0.29, 0.717) is 5.56 Å². The van der Waals surface area contributed by atoms with Crippen molar-refractivity contribution in [1.29, 1.82) is 0 Å². The van der Waals surface area contributed by atoms with Crippen LogP contribution in [0.1, 0.15) is 5.48 Å². The van der Waals surface area contributed by atoms with Gasteiger partial charge in [0.1, 0.15) is 11.2 Å². The summed E-state index contributed by atoms with van der Waals surface area (Å²) in [6.45, 7) is 0. The highest BCUT2D eigenvalue weighted by atomic mass is 16.3. The van der Waals surface area contributed by atoms with Gasteiger partial charge in [0.15, 0.2) is 0 Å². The van der Waals surface area contributed by atoms with Gasteiger partial charge in [-0.3, -0.25) is 0 Å². The molecule has 1 heterocycles. The van der Waals surface area contributed by atoms with Crippen LogP contribution >= 0.6 is 0 Å². The molecule has 0 saturated heterocycles. The minimum Gasteiger partial charge on any atom is -0.456 e. The third-order valence-corrected chi connectivity index (χ3v) is 9.92. The molecule has 0 aliphatic rings. The monoisotopic (exact) mass is 667 g/mol. The molecular weight excluding hydrogens is 631 g/mol. The first-order chi connectivity index (χ1) is 27.4. The van der Waals surface area contributed by atoms with Gasteiger partial charge in [0.2, 0.25) is 0 Å². The Kier molecular flexibility index (Phi) is 6.22. The van der Waals surface area contributed by atoms with Crippen LogP contribution in [0, 0.1) is 0 Å². The van der Waals surface area contributed by atoms with Crippen molar-refractivity contribution in [1.82, 2.24) is 0 Å². The third kappa shape index (κ3) is 5.30. The van der Waals surface area contributed by atoms with Gasteiger partial charge in [0.05, 0.1) is 5.48 Å². The van der Waals surface area contributed by atoms with Crippen molar-refractivity contribution in [3.63, 3.8) is 0 Å². The van der Waals surface area contributed by atoms with Crippen molar-refractivity contribution >= 4 is 60.5 Å². The Labute approximate surface area is 308 Å². The van der Waals surface area contributed by atoms with Crippen molar-refractivity contribution < 1.29 is 9.90 Å². The fourth-order valence-electron chi connectivity index (χ4n) is 7.29. The van der Waals surface area contributed by atoms with E-state index in [0.717, 1.165) is 77.1 Å². The molecule has 0 saturated carbocycles. The van der Waals surface area contributed by atoms with Gasteiger partial charge in [-0.2, -0.15) is 0 Å². The maximum absolute atomic E-state index is 9.49. The van der Waals surface area contributed by atoms with Gasteiger partial charge >= 0.3 is 0 Å². The average molecular weight is 668 g/mol. The van der Waals surface area contributed by atoms with Gasteiger partial charge in [-0.05, 0) is 116 Å². The molecule has 0 atom stereocenters. The fourth-order valence-corrected chi connectivity index (χ4v) is 7.29. The molecule has 2 nitrogen and oxygen atoms in total. The maximum atomic E-state index is 9.49. The summed E-state index contributed by atoms with van der Waals surface area (Å²) in [5.74, 6) is 0. The topological polar surface area (TPSA) is 16.4 Å². The Balaban J connectivity index is 1.11. The summed E-state index contributed by atoms with van der Waals surface area (Å²) in [5, 5.41) is 6.21. The van der Waals surface area contributed by atoms with Crippen LogP contribution in [0.25, 0.3) is 76.9 Å². The Morgan fingerprint density at radius 3 is 1.77 bits per heavy atom. The van der Waals surface area contributed by atoms with Crippen LogP contribution in [0.5, 0.6) is 0 Å². The summed E-state index contributed by atoms with van der Waals surface area (Å²) in [7, 11) is 0. The molecule has 0 spiro atoms. The second-order valence-corrected chi connectivity index (χ2v) is 13.1. The molecule has 0 N–H and O–H groups in total. The summed E-state index contributed by atoms with van der Waals surface area (Å²) < 4.78 is 43.9. The van der Waals surface area contributed by atoms with Gasteiger partial charge in [-0.25, -0.2) is 0 Å². The lowest BCUT2D eigenvalue weighted by Crippen LogP contribution is -2.09. The molecule has 10 aromatic rings.